The van der Waals surface area contributed by atoms with Crippen LogP contribution in [0.3, 0.4) is 0 Å². The Labute approximate surface area is 187 Å². The highest BCUT2D eigenvalue weighted by atomic mass is 16.5. The number of ketones is 1. The highest BCUT2D eigenvalue weighted by Crippen LogP contribution is 2.39. The van der Waals surface area contributed by atoms with Crippen LogP contribution >= 0.6 is 0 Å². The van der Waals surface area contributed by atoms with Gasteiger partial charge in [0.25, 0.3) is 0 Å². The van der Waals surface area contributed by atoms with Gasteiger partial charge < -0.3 is 29.0 Å². The third-order valence-corrected chi connectivity index (χ3v) is 5.29. The smallest absolute Gasteiger partial charge is 0.337 e. The van der Waals surface area contributed by atoms with Crippen LogP contribution in [0.15, 0.2) is 42.2 Å². The Morgan fingerprint density at radius 1 is 1.03 bits per heavy atom. The quantitative estimate of drug-likeness (QED) is 0.425. The van der Waals surface area contributed by atoms with Crippen LogP contribution in [-0.2, 0) is 20.8 Å². The maximum absolute atomic E-state index is 12.9. The lowest BCUT2D eigenvalue weighted by atomic mass is 10.0. The molecule has 0 unspecified atom stereocenters. The standard InChI is InChI=1S/C24H27NO7/c1-29-12-10-25(11-13-30-2)15-19-20(26)9-8-18-22(27)21(32-23(18)19)14-16-4-6-17(7-5-16)24(28)31-3/h4-9,14,26H,10-13,15H2,1-3H3/p+1/b21-14-. The Hall–Kier alpha value is -3.20. The molecular formula is C24H28NO7+. The molecule has 0 bridgehead atoms. The van der Waals surface area contributed by atoms with Crippen molar-refractivity contribution in [1.82, 2.24) is 0 Å². The Morgan fingerprint density at radius 2 is 1.69 bits per heavy atom. The molecular weight excluding hydrogens is 414 g/mol. The molecule has 0 saturated carbocycles. The van der Waals surface area contributed by atoms with Crippen molar-refractivity contribution >= 4 is 17.8 Å². The molecule has 1 aliphatic heterocycles. The number of quaternary nitrogens is 1. The summed E-state index contributed by atoms with van der Waals surface area (Å²) < 4.78 is 21.0. The lowest BCUT2D eigenvalue weighted by molar-refractivity contribution is -0.914. The van der Waals surface area contributed by atoms with Crippen molar-refractivity contribution < 1.29 is 38.5 Å². The van der Waals surface area contributed by atoms with Gasteiger partial charge in [0.1, 0.15) is 25.4 Å². The number of Topliss-reactive ketones (excluding diaryl/α,β-unsaturated/α-hetero) is 1. The van der Waals surface area contributed by atoms with Gasteiger partial charge >= 0.3 is 5.97 Å². The summed E-state index contributed by atoms with van der Waals surface area (Å²) in [7, 11) is 4.60. The molecule has 0 aromatic heterocycles. The number of aromatic hydroxyl groups is 1. The van der Waals surface area contributed by atoms with E-state index in [0.29, 0.717) is 60.9 Å². The van der Waals surface area contributed by atoms with Crippen LogP contribution < -0.4 is 9.64 Å². The third-order valence-electron chi connectivity index (χ3n) is 5.29. The molecule has 0 atom stereocenters. The molecule has 8 nitrogen and oxygen atoms in total. The van der Waals surface area contributed by atoms with Crippen LogP contribution in [0.5, 0.6) is 11.5 Å². The van der Waals surface area contributed by atoms with Gasteiger partial charge in [-0.05, 0) is 35.9 Å². The Kier molecular flexibility index (Phi) is 7.99. The number of methoxy groups -OCH3 is 3. The van der Waals surface area contributed by atoms with E-state index in [0.717, 1.165) is 4.90 Å². The summed E-state index contributed by atoms with van der Waals surface area (Å²) >= 11 is 0. The van der Waals surface area contributed by atoms with Crippen molar-refractivity contribution in [3.8, 4) is 11.5 Å². The van der Waals surface area contributed by atoms with E-state index in [2.05, 4.69) is 0 Å². The van der Waals surface area contributed by atoms with Crippen LogP contribution in [0.1, 0.15) is 31.8 Å². The average Bonchev–Trinajstić information content (AvgIpc) is 3.12. The molecule has 1 heterocycles. The predicted molar refractivity (Wildman–Crippen MR) is 117 cm³/mol. The predicted octanol–water partition coefficient (Wildman–Crippen LogP) is 1.47. The molecule has 0 fully saturated rings. The second kappa shape index (κ2) is 10.9. The summed E-state index contributed by atoms with van der Waals surface area (Å²) in [4.78, 5) is 25.7. The van der Waals surface area contributed by atoms with E-state index in [-0.39, 0.29) is 17.3 Å². The molecule has 1 aliphatic rings. The summed E-state index contributed by atoms with van der Waals surface area (Å²) in [5, 5.41) is 10.5. The van der Waals surface area contributed by atoms with Crippen molar-refractivity contribution in [2.75, 3.05) is 47.6 Å². The second-order valence-corrected chi connectivity index (χ2v) is 7.41. The number of rotatable bonds is 10. The largest absolute Gasteiger partial charge is 0.507 e. The van der Waals surface area contributed by atoms with Gasteiger partial charge in [0, 0.05) is 14.2 Å². The van der Waals surface area contributed by atoms with Gasteiger partial charge in [-0.2, -0.15) is 0 Å². The number of esters is 1. The summed E-state index contributed by atoms with van der Waals surface area (Å²) in [5.74, 6) is -0.0760. The first-order valence-electron chi connectivity index (χ1n) is 10.3. The monoisotopic (exact) mass is 442 g/mol. The van der Waals surface area contributed by atoms with E-state index < -0.39 is 5.97 Å². The fraction of sp³-hybridized carbons (Fsp3) is 0.333. The van der Waals surface area contributed by atoms with Crippen LogP contribution in [0.4, 0.5) is 0 Å². The molecule has 170 valence electrons. The number of phenols is 1. The van der Waals surface area contributed by atoms with Crippen LogP contribution in [0.25, 0.3) is 6.08 Å². The molecule has 0 aliphatic carbocycles. The molecule has 3 rings (SSSR count). The first kappa shape index (κ1) is 23.5. The maximum Gasteiger partial charge on any atom is 0.337 e. The van der Waals surface area contributed by atoms with Crippen LogP contribution in [0, 0.1) is 0 Å². The zero-order chi connectivity index (χ0) is 23.1. The molecule has 0 saturated heterocycles. The first-order valence-corrected chi connectivity index (χ1v) is 10.3. The SMILES string of the molecule is COCC[NH+](CCOC)Cc1c(O)ccc2c1O/C(=C\c1ccc(C(=O)OC)cc1)C2=O. The van der Waals surface area contributed by atoms with Gasteiger partial charge in [-0.1, -0.05) is 12.1 Å². The zero-order valence-corrected chi connectivity index (χ0v) is 18.5. The van der Waals surface area contributed by atoms with Gasteiger partial charge in [-0.25, -0.2) is 4.79 Å². The van der Waals surface area contributed by atoms with E-state index in [9.17, 15) is 14.7 Å². The summed E-state index contributed by atoms with van der Waals surface area (Å²) in [6.45, 7) is 3.00. The van der Waals surface area contributed by atoms with Gasteiger partial charge in [-0.3, -0.25) is 4.79 Å². The molecule has 32 heavy (non-hydrogen) atoms. The number of fused-ring (bicyclic) bond motifs is 1. The van der Waals surface area contributed by atoms with Crippen molar-refractivity contribution in [2.24, 2.45) is 0 Å². The van der Waals surface area contributed by atoms with Crippen molar-refractivity contribution in [3.63, 3.8) is 0 Å². The minimum Gasteiger partial charge on any atom is -0.507 e. The van der Waals surface area contributed by atoms with Crippen molar-refractivity contribution in [2.45, 2.75) is 6.54 Å². The number of carbonyl (C=O) groups excluding carboxylic acids is 2. The van der Waals surface area contributed by atoms with E-state index >= 15 is 0 Å². The van der Waals surface area contributed by atoms with Gasteiger partial charge in [-0.15, -0.1) is 0 Å². The minimum absolute atomic E-state index is 0.0764. The summed E-state index contributed by atoms with van der Waals surface area (Å²) in [5.41, 5.74) is 2.10. The van der Waals surface area contributed by atoms with Gasteiger partial charge in [0.2, 0.25) is 5.78 Å². The minimum atomic E-state index is -0.432. The van der Waals surface area contributed by atoms with Gasteiger partial charge in [0.05, 0.1) is 37.0 Å². The zero-order valence-electron chi connectivity index (χ0n) is 18.5. The van der Waals surface area contributed by atoms with E-state index in [4.69, 9.17) is 18.9 Å². The van der Waals surface area contributed by atoms with E-state index in [1.54, 1.807) is 50.6 Å². The number of hydrogen-bond acceptors (Lipinski definition) is 7. The first-order chi connectivity index (χ1) is 15.5. The number of ether oxygens (including phenoxy) is 4. The van der Waals surface area contributed by atoms with Crippen LogP contribution in [-0.4, -0.2) is 64.5 Å². The highest BCUT2D eigenvalue weighted by molar-refractivity contribution is 6.15. The highest BCUT2D eigenvalue weighted by Gasteiger charge is 2.32. The number of allylic oxidation sites excluding steroid dienone is 1. The number of benzene rings is 2. The Morgan fingerprint density at radius 3 is 2.28 bits per heavy atom. The lowest BCUT2D eigenvalue weighted by Gasteiger charge is -2.20. The Balaban J connectivity index is 1.85. The van der Waals surface area contributed by atoms with Crippen LogP contribution in [0.2, 0.25) is 0 Å². The van der Waals surface area contributed by atoms with Crippen molar-refractivity contribution in [1.29, 1.82) is 0 Å². The van der Waals surface area contributed by atoms with E-state index in [1.165, 1.54) is 13.2 Å². The van der Waals surface area contributed by atoms with E-state index in [1.807, 2.05) is 0 Å². The molecule has 0 radical (unpaired) electrons. The topological polar surface area (TPSA) is 95.7 Å². The number of hydrogen-bond donors (Lipinski definition) is 2. The molecule has 0 spiro atoms. The van der Waals surface area contributed by atoms with Gasteiger partial charge in [0.15, 0.2) is 11.5 Å². The normalized spacial score (nSPS) is 14.0. The molecule has 0 amide bonds. The average molecular weight is 442 g/mol. The number of carbonyl (C=O) groups is 2. The lowest BCUT2D eigenvalue weighted by Crippen LogP contribution is -3.11. The molecule has 8 heteroatoms. The fourth-order valence-electron chi connectivity index (χ4n) is 3.50. The number of phenolic OH excluding ortho intramolecular Hbond substituents is 1. The summed E-state index contributed by atoms with van der Waals surface area (Å²) in [6.07, 6.45) is 1.62. The maximum atomic E-state index is 12.9. The fourth-order valence-corrected chi connectivity index (χ4v) is 3.50. The molecule has 2 aromatic carbocycles. The molecule has 2 N–H and O–H groups in total. The molecule has 2 aromatic rings. The number of nitrogens with one attached hydrogen (secondary N) is 1. The second-order valence-electron chi connectivity index (χ2n) is 7.41. The summed E-state index contributed by atoms with van der Waals surface area (Å²) in [6, 6.07) is 9.75. The third kappa shape index (κ3) is 5.34. The Bertz CT molecular complexity index is 990. The van der Waals surface area contributed by atoms with Crippen molar-refractivity contribution in [3.05, 3.63) is 64.4 Å².